The van der Waals surface area contributed by atoms with Gasteiger partial charge in [0.05, 0.1) is 5.56 Å². The van der Waals surface area contributed by atoms with Crippen molar-refractivity contribution in [2.75, 3.05) is 5.32 Å². The van der Waals surface area contributed by atoms with Crippen LogP contribution in [0.4, 0.5) is 5.69 Å². The molecule has 0 fully saturated rings. The van der Waals surface area contributed by atoms with Crippen LogP contribution in [-0.4, -0.2) is 5.91 Å². The molecular formula is C11H8ClNOS. The molecule has 0 bridgehead atoms. The first kappa shape index (κ1) is 10.2. The molecule has 1 N–H and O–H groups in total. The van der Waals surface area contributed by atoms with Crippen molar-refractivity contribution < 1.29 is 4.79 Å². The van der Waals surface area contributed by atoms with Crippen LogP contribution in [0.5, 0.6) is 0 Å². The quantitative estimate of drug-likeness (QED) is 0.849. The first-order valence-corrected chi connectivity index (χ1v) is 5.67. The molecule has 0 saturated heterocycles. The lowest BCUT2D eigenvalue weighted by atomic mass is 10.3. The maximum atomic E-state index is 11.6. The van der Waals surface area contributed by atoms with Gasteiger partial charge in [-0.3, -0.25) is 4.79 Å². The van der Waals surface area contributed by atoms with Crippen LogP contribution in [0.25, 0.3) is 0 Å². The summed E-state index contributed by atoms with van der Waals surface area (Å²) in [6.45, 7) is 0. The Morgan fingerprint density at radius 1 is 1.33 bits per heavy atom. The standard InChI is InChI=1S/C11H8ClNOS/c12-9-2-1-3-10(6-9)13-11(14)8-4-5-15-7-8/h1-7H,(H,13,14). The molecular weight excluding hydrogens is 230 g/mol. The minimum Gasteiger partial charge on any atom is -0.322 e. The van der Waals surface area contributed by atoms with Gasteiger partial charge >= 0.3 is 0 Å². The van der Waals surface area contributed by atoms with Crippen molar-refractivity contribution in [3.8, 4) is 0 Å². The third-order valence-corrected chi connectivity index (χ3v) is 2.78. The first-order valence-electron chi connectivity index (χ1n) is 4.35. The number of carbonyl (C=O) groups is 1. The monoisotopic (exact) mass is 237 g/mol. The fraction of sp³-hybridized carbons (Fsp3) is 0. The zero-order valence-corrected chi connectivity index (χ0v) is 9.31. The summed E-state index contributed by atoms with van der Waals surface area (Å²) in [5.41, 5.74) is 1.37. The number of nitrogens with one attached hydrogen (secondary N) is 1. The van der Waals surface area contributed by atoms with E-state index in [9.17, 15) is 4.79 Å². The van der Waals surface area contributed by atoms with E-state index < -0.39 is 0 Å². The lowest BCUT2D eigenvalue weighted by Crippen LogP contribution is -2.10. The number of benzene rings is 1. The second-order valence-electron chi connectivity index (χ2n) is 2.98. The molecule has 1 aromatic carbocycles. The van der Waals surface area contributed by atoms with Gasteiger partial charge in [0.15, 0.2) is 0 Å². The van der Waals surface area contributed by atoms with Crippen molar-refractivity contribution in [1.29, 1.82) is 0 Å². The molecule has 0 aliphatic carbocycles. The number of amides is 1. The summed E-state index contributed by atoms with van der Waals surface area (Å²) in [4.78, 5) is 11.6. The second kappa shape index (κ2) is 4.47. The summed E-state index contributed by atoms with van der Waals surface area (Å²) in [6.07, 6.45) is 0. The van der Waals surface area contributed by atoms with Gasteiger partial charge < -0.3 is 5.32 Å². The summed E-state index contributed by atoms with van der Waals surface area (Å²) in [7, 11) is 0. The van der Waals surface area contributed by atoms with E-state index >= 15 is 0 Å². The molecule has 0 unspecified atom stereocenters. The van der Waals surface area contributed by atoms with Crippen molar-refractivity contribution >= 4 is 34.5 Å². The molecule has 15 heavy (non-hydrogen) atoms. The van der Waals surface area contributed by atoms with E-state index in [-0.39, 0.29) is 5.91 Å². The largest absolute Gasteiger partial charge is 0.322 e. The highest BCUT2D eigenvalue weighted by Crippen LogP contribution is 2.16. The molecule has 1 heterocycles. The number of halogens is 1. The SMILES string of the molecule is O=C(Nc1cccc(Cl)c1)c1ccsc1. The average molecular weight is 238 g/mol. The molecule has 0 spiro atoms. The molecule has 0 aliphatic heterocycles. The predicted molar refractivity (Wildman–Crippen MR) is 63.7 cm³/mol. The van der Waals surface area contributed by atoms with Gasteiger partial charge in [-0.2, -0.15) is 11.3 Å². The smallest absolute Gasteiger partial charge is 0.256 e. The lowest BCUT2D eigenvalue weighted by molar-refractivity contribution is 0.102. The van der Waals surface area contributed by atoms with Crippen LogP contribution in [0.3, 0.4) is 0 Å². The fourth-order valence-electron chi connectivity index (χ4n) is 1.16. The Morgan fingerprint density at radius 3 is 2.87 bits per heavy atom. The van der Waals surface area contributed by atoms with Gasteiger partial charge in [0.25, 0.3) is 5.91 Å². The fourth-order valence-corrected chi connectivity index (χ4v) is 1.99. The number of hydrogen-bond donors (Lipinski definition) is 1. The molecule has 0 saturated carbocycles. The van der Waals surface area contributed by atoms with Crippen molar-refractivity contribution in [3.63, 3.8) is 0 Å². The number of anilines is 1. The Hall–Kier alpha value is -1.32. The molecule has 1 aromatic heterocycles. The predicted octanol–water partition coefficient (Wildman–Crippen LogP) is 3.65. The van der Waals surface area contributed by atoms with E-state index in [0.717, 1.165) is 0 Å². The zero-order chi connectivity index (χ0) is 10.7. The summed E-state index contributed by atoms with van der Waals surface area (Å²) < 4.78 is 0. The van der Waals surface area contributed by atoms with Crippen molar-refractivity contribution in [2.24, 2.45) is 0 Å². The van der Waals surface area contributed by atoms with E-state index in [1.165, 1.54) is 11.3 Å². The highest BCUT2D eigenvalue weighted by Gasteiger charge is 2.05. The van der Waals surface area contributed by atoms with Crippen molar-refractivity contribution in [1.82, 2.24) is 0 Å². The van der Waals surface area contributed by atoms with Crippen LogP contribution < -0.4 is 5.32 Å². The van der Waals surface area contributed by atoms with Crippen LogP contribution in [0.15, 0.2) is 41.1 Å². The Bertz CT molecular complexity index is 467. The summed E-state index contributed by atoms with van der Waals surface area (Å²) >= 11 is 7.30. The first-order chi connectivity index (χ1) is 7.25. The average Bonchev–Trinajstić information content (AvgIpc) is 2.70. The van der Waals surface area contributed by atoms with Crippen molar-refractivity contribution in [3.05, 3.63) is 51.7 Å². The van der Waals surface area contributed by atoms with Gasteiger partial charge in [-0.1, -0.05) is 17.7 Å². The number of rotatable bonds is 2. The summed E-state index contributed by atoms with van der Waals surface area (Å²) in [6, 6.07) is 8.86. The van der Waals surface area contributed by atoms with Crippen LogP contribution in [-0.2, 0) is 0 Å². The van der Waals surface area contributed by atoms with Gasteiger partial charge in [-0.25, -0.2) is 0 Å². The van der Waals surface area contributed by atoms with E-state index in [4.69, 9.17) is 11.6 Å². The molecule has 0 radical (unpaired) electrons. The second-order valence-corrected chi connectivity index (χ2v) is 4.19. The molecule has 2 nitrogen and oxygen atoms in total. The Morgan fingerprint density at radius 2 is 2.20 bits per heavy atom. The molecule has 2 aromatic rings. The Kier molecular flexibility index (Phi) is 3.04. The highest BCUT2D eigenvalue weighted by atomic mass is 35.5. The van der Waals surface area contributed by atoms with Gasteiger partial charge in [0, 0.05) is 16.1 Å². The van der Waals surface area contributed by atoms with E-state index in [2.05, 4.69) is 5.32 Å². The van der Waals surface area contributed by atoms with Gasteiger partial charge in [0.2, 0.25) is 0 Å². The molecule has 0 atom stereocenters. The van der Waals surface area contributed by atoms with Crippen LogP contribution in [0, 0.1) is 0 Å². The maximum absolute atomic E-state index is 11.6. The molecule has 1 amide bonds. The highest BCUT2D eigenvalue weighted by molar-refractivity contribution is 7.08. The number of hydrogen-bond acceptors (Lipinski definition) is 2. The normalized spacial score (nSPS) is 9.93. The topological polar surface area (TPSA) is 29.1 Å². The van der Waals surface area contributed by atoms with Crippen molar-refractivity contribution in [2.45, 2.75) is 0 Å². The van der Waals surface area contributed by atoms with Gasteiger partial charge in [0.1, 0.15) is 0 Å². The summed E-state index contributed by atoms with van der Waals surface area (Å²) in [5.74, 6) is -0.112. The van der Waals surface area contributed by atoms with Gasteiger partial charge in [-0.05, 0) is 29.6 Å². The minimum atomic E-state index is -0.112. The van der Waals surface area contributed by atoms with E-state index in [1.807, 2.05) is 5.38 Å². The molecule has 0 aliphatic rings. The number of thiophene rings is 1. The van der Waals surface area contributed by atoms with E-state index in [0.29, 0.717) is 16.3 Å². The molecule has 76 valence electrons. The molecule has 2 rings (SSSR count). The maximum Gasteiger partial charge on any atom is 0.256 e. The van der Waals surface area contributed by atoms with Crippen LogP contribution >= 0.6 is 22.9 Å². The Labute approximate surface area is 96.5 Å². The van der Waals surface area contributed by atoms with Crippen LogP contribution in [0.1, 0.15) is 10.4 Å². The minimum absolute atomic E-state index is 0.112. The van der Waals surface area contributed by atoms with E-state index in [1.54, 1.807) is 35.7 Å². The third-order valence-electron chi connectivity index (χ3n) is 1.87. The van der Waals surface area contributed by atoms with Crippen LogP contribution in [0.2, 0.25) is 5.02 Å². The third kappa shape index (κ3) is 2.58. The Balaban J connectivity index is 2.13. The number of carbonyl (C=O) groups excluding carboxylic acids is 1. The van der Waals surface area contributed by atoms with Gasteiger partial charge in [-0.15, -0.1) is 0 Å². The lowest BCUT2D eigenvalue weighted by Gasteiger charge is -2.03. The summed E-state index contributed by atoms with van der Waals surface area (Å²) in [5, 5.41) is 7.05. The molecule has 4 heteroatoms. The zero-order valence-electron chi connectivity index (χ0n) is 7.74.